The molecular formula is C15H24F3N3O. The van der Waals surface area contributed by atoms with Crippen LogP contribution in [0.2, 0.25) is 0 Å². The molecule has 1 atom stereocenters. The first-order valence-corrected chi connectivity index (χ1v) is 7.82. The summed E-state index contributed by atoms with van der Waals surface area (Å²) in [6.45, 7) is 0.827. The van der Waals surface area contributed by atoms with E-state index in [1.807, 2.05) is 0 Å². The minimum Gasteiger partial charge on any atom is -0.374 e. The van der Waals surface area contributed by atoms with Crippen LogP contribution in [0.5, 0.6) is 0 Å². The molecule has 0 radical (unpaired) electrons. The van der Waals surface area contributed by atoms with Gasteiger partial charge >= 0.3 is 6.18 Å². The summed E-state index contributed by atoms with van der Waals surface area (Å²) < 4.78 is 41.1. The molecule has 0 saturated heterocycles. The standard InChI is InChI=1S/C15H24F3N3O/c1-21-10-9-20-13(21)14(22,15(16,17)18)7-8-19-11-12-5-3-2-4-6-12/h9-10,12,19,22H,2-8,11H2,1H3. The van der Waals surface area contributed by atoms with Crippen LogP contribution in [0, 0.1) is 5.92 Å². The highest BCUT2D eigenvalue weighted by Crippen LogP contribution is 2.40. The molecule has 7 heteroatoms. The molecule has 4 nitrogen and oxygen atoms in total. The van der Waals surface area contributed by atoms with Gasteiger partial charge in [-0.2, -0.15) is 13.2 Å². The average molecular weight is 319 g/mol. The van der Waals surface area contributed by atoms with Crippen molar-refractivity contribution < 1.29 is 18.3 Å². The monoisotopic (exact) mass is 319 g/mol. The second-order valence-corrected chi connectivity index (χ2v) is 6.18. The number of imidazole rings is 1. The summed E-state index contributed by atoms with van der Waals surface area (Å²) in [5, 5.41) is 13.2. The van der Waals surface area contributed by atoms with E-state index in [2.05, 4.69) is 10.3 Å². The Kier molecular flexibility index (Phi) is 5.50. The van der Waals surface area contributed by atoms with Crippen LogP contribution in [0.25, 0.3) is 0 Å². The van der Waals surface area contributed by atoms with Crippen molar-refractivity contribution in [1.82, 2.24) is 14.9 Å². The molecule has 0 spiro atoms. The molecule has 1 unspecified atom stereocenters. The third-order valence-electron chi connectivity index (χ3n) is 4.48. The van der Waals surface area contributed by atoms with Gasteiger partial charge in [0.2, 0.25) is 5.60 Å². The average Bonchev–Trinajstić information content (AvgIpc) is 2.90. The van der Waals surface area contributed by atoms with Gasteiger partial charge in [-0.05, 0) is 31.8 Å². The van der Waals surface area contributed by atoms with Crippen LogP contribution in [0.15, 0.2) is 12.4 Å². The summed E-state index contributed by atoms with van der Waals surface area (Å²) in [6.07, 6.45) is 3.41. The quantitative estimate of drug-likeness (QED) is 0.793. The second kappa shape index (κ2) is 7.00. The van der Waals surface area contributed by atoms with Gasteiger partial charge in [0, 0.05) is 25.9 Å². The Bertz CT molecular complexity index is 469. The zero-order valence-electron chi connectivity index (χ0n) is 12.9. The Morgan fingerprint density at radius 3 is 2.55 bits per heavy atom. The van der Waals surface area contributed by atoms with Gasteiger partial charge in [-0.1, -0.05) is 19.3 Å². The molecule has 126 valence electrons. The highest BCUT2D eigenvalue weighted by Gasteiger charge is 2.56. The molecule has 0 aliphatic heterocycles. The number of aliphatic hydroxyl groups is 1. The lowest BCUT2D eigenvalue weighted by atomic mass is 9.89. The number of alkyl halides is 3. The topological polar surface area (TPSA) is 50.1 Å². The summed E-state index contributed by atoms with van der Waals surface area (Å²) in [5.74, 6) is 0.181. The maximum atomic E-state index is 13.3. The van der Waals surface area contributed by atoms with Crippen LogP contribution in [0.3, 0.4) is 0 Å². The molecule has 1 aliphatic carbocycles. The molecular weight excluding hydrogens is 295 g/mol. The van der Waals surface area contributed by atoms with Crippen molar-refractivity contribution in [1.29, 1.82) is 0 Å². The van der Waals surface area contributed by atoms with E-state index in [0.717, 1.165) is 12.8 Å². The van der Waals surface area contributed by atoms with Gasteiger partial charge < -0.3 is 15.0 Å². The number of aryl methyl sites for hydroxylation is 1. The fraction of sp³-hybridized carbons (Fsp3) is 0.800. The number of hydrogen-bond acceptors (Lipinski definition) is 3. The van der Waals surface area contributed by atoms with Crippen LogP contribution < -0.4 is 5.32 Å². The lowest BCUT2D eigenvalue weighted by Crippen LogP contribution is -2.46. The fourth-order valence-electron chi connectivity index (χ4n) is 3.11. The molecule has 22 heavy (non-hydrogen) atoms. The zero-order chi connectivity index (χ0) is 16.2. The Balaban J connectivity index is 1.92. The number of halogens is 3. The molecule has 0 bridgehead atoms. The predicted octanol–water partition coefficient (Wildman–Crippen LogP) is 2.73. The van der Waals surface area contributed by atoms with E-state index in [0.29, 0.717) is 12.5 Å². The maximum Gasteiger partial charge on any atom is 0.424 e. The molecule has 2 N–H and O–H groups in total. The lowest BCUT2D eigenvalue weighted by molar-refractivity contribution is -0.272. The number of aromatic nitrogens is 2. The van der Waals surface area contributed by atoms with Gasteiger partial charge in [0.1, 0.15) is 5.82 Å². The first-order valence-electron chi connectivity index (χ1n) is 7.82. The Morgan fingerprint density at radius 2 is 2.00 bits per heavy atom. The van der Waals surface area contributed by atoms with E-state index in [9.17, 15) is 18.3 Å². The molecule has 1 aliphatic rings. The zero-order valence-corrected chi connectivity index (χ0v) is 12.9. The normalized spacial score (nSPS) is 20.0. The summed E-state index contributed by atoms with van der Waals surface area (Å²) in [5.41, 5.74) is -2.91. The maximum absolute atomic E-state index is 13.3. The largest absolute Gasteiger partial charge is 0.424 e. The molecule has 1 heterocycles. The van der Waals surface area contributed by atoms with Crippen LogP contribution in [-0.4, -0.2) is 33.9 Å². The van der Waals surface area contributed by atoms with Gasteiger partial charge in [-0.15, -0.1) is 0 Å². The number of nitrogens with zero attached hydrogens (tertiary/aromatic N) is 2. The van der Waals surface area contributed by atoms with Crippen molar-refractivity contribution in [3.8, 4) is 0 Å². The van der Waals surface area contributed by atoms with Crippen molar-refractivity contribution >= 4 is 0 Å². The molecule has 1 fully saturated rings. The first-order chi connectivity index (χ1) is 10.3. The molecule has 1 aromatic heterocycles. The summed E-state index contributed by atoms with van der Waals surface area (Å²) in [6, 6.07) is 0. The van der Waals surface area contributed by atoms with Crippen molar-refractivity contribution in [3.05, 3.63) is 18.2 Å². The number of rotatable bonds is 6. The van der Waals surface area contributed by atoms with Gasteiger partial charge in [0.15, 0.2) is 0 Å². The predicted molar refractivity (Wildman–Crippen MR) is 77.2 cm³/mol. The van der Waals surface area contributed by atoms with E-state index in [1.165, 1.54) is 43.3 Å². The fourth-order valence-corrected chi connectivity index (χ4v) is 3.11. The molecule has 1 aromatic rings. The Hall–Kier alpha value is -1.08. The summed E-state index contributed by atoms with van der Waals surface area (Å²) in [4.78, 5) is 3.69. The SMILES string of the molecule is Cn1ccnc1C(O)(CCNCC1CCCCC1)C(F)(F)F. The first kappa shape index (κ1) is 17.3. The number of hydrogen-bond donors (Lipinski definition) is 2. The van der Waals surface area contributed by atoms with E-state index in [4.69, 9.17) is 0 Å². The highest BCUT2D eigenvalue weighted by molar-refractivity contribution is 5.08. The minimum atomic E-state index is -4.75. The van der Waals surface area contributed by atoms with Gasteiger partial charge in [0.25, 0.3) is 0 Å². The number of nitrogens with one attached hydrogen (secondary N) is 1. The van der Waals surface area contributed by atoms with Crippen molar-refractivity contribution in [2.24, 2.45) is 13.0 Å². The molecule has 2 rings (SSSR count). The van der Waals surface area contributed by atoms with E-state index in [-0.39, 0.29) is 12.4 Å². The highest BCUT2D eigenvalue weighted by atomic mass is 19.4. The van der Waals surface area contributed by atoms with Crippen LogP contribution in [0.4, 0.5) is 13.2 Å². The summed E-state index contributed by atoms with van der Waals surface area (Å²) in [7, 11) is 1.45. The molecule has 1 saturated carbocycles. The molecule has 0 aromatic carbocycles. The lowest BCUT2D eigenvalue weighted by Gasteiger charge is -2.30. The molecule has 0 amide bonds. The summed E-state index contributed by atoms with van der Waals surface area (Å²) >= 11 is 0. The third kappa shape index (κ3) is 3.81. The van der Waals surface area contributed by atoms with Gasteiger partial charge in [-0.3, -0.25) is 0 Å². The van der Waals surface area contributed by atoms with Crippen LogP contribution in [0.1, 0.15) is 44.3 Å². The van der Waals surface area contributed by atoms with Crippen molar-refractivity contribution in [2.75, 3.05) is 13.1 Å². The van der Waals surface area contributed by atoms with E-state index in [1.54, 1.807) is 0 Å². The van der Waals surface area contributed by atoms with Crippen LogP contribution >= 0.6 is 0 Å². The second-order valence-electron chi connectivity index (χ2n) is 6.18. The third-order valence-corrected chi connectivity index (χ3v) is 4.48. The van der Waals surface area contributed by atoms with Crippen molar-refractivity contribution in [2.45, 2.75) is 50.3 Å². The van der Waals surface area contributed by atoms with Crippen LogP contribution in [-0.2, 0) is 12.6 Å². The Morgan fingerprint density at radius 1 is 1.32 bits per heavy atom. The van der Waals surface area contributed by atoms with Crippen molar-refractivity contribution in [3.63, 3.8) is 0 Å². The van der Waals surface area contributed by atoms with Gasteiger partial charge in [0.05, 0.1) is 0 Å². The Labute approximate surface area is 128 Å². The van der Waals surface area contributed by atoms with Gasteiger partial charge in [-0.25, -0.2) is 4.98 Å². The minimum absolute atomic E-state index is 0.110. The van der Waals surface area contributed by atoms with E-state index >= 15 is 0 Å². The van der Waals surface area contributed by atoms with E-state index < -0.39 is 18.2 Å². The smallest absolute Gasteiger partial charge is 0.374 e.